The molecule has 0 saturated carbocycles. The van der Waals surface area contributed by atoms with Gasteiger partial charge in [-0.2, -0.15) is 10.3 Å². The van der Waals surface area contributed by atoms with Crippen molar-refractivity contribution in [3.8, 4) is 0 Å². The summed E-state index contributed by atoms with van der Waals surface area (Å²) in [6.07, 6.45) is 7.20. The molecule has 0 fully saturated rings. The maximum absolute atomic E-state index is 4.00. The second kappa shape index (κ2) is 2.74. The van der Waals surface area contributed by atoms with Crippen LogP contribution in [0.4, 0.5) is 5.82 Å². The molecular formula is C7H10N4. The molecule has 2 rings (SSSR count). The Bertz CT molecular complexity index is 239. The Labute approximate surface area is 64.9 Å². The fourth-order valence-electron chi connectivity index (χ4n) is 1.20. The summed E-state index contributed by atoms with van der Waals surface area (Å²) in [5.74, 6) is 0.939. The first-order valence-corrected chi connectivity index (χ1v) is 3.72. The Morgan fingerprint density at radius 1 is 1.45 bits per heavy atom. The van der Waals surface area contributed by atoms with E-state index in [9.17, 15) is 0 Å². The quantitative estimate of drug-likeness (QED) is 0.595. The third-order valence-electron chi connectivity index (χ3n) is 1.78. The van der Waals surface area contributed by atoms with Crippen LogP contribution in [0.15, 0.2) is 18.3 Å². The Kier molecular flexibility index (Phi) is 1.59. The summed E-state index contributed by atoms with van der Waals surface area (Å²) in [4.78, 5) is 2.18. The summed E-state index contributed by atoms with van der Waals surface area (Å²) in [7, 11) is 0. The van der Waals surface area contributed by atoms with Crippen molar-refractivity contribution in [1.82, 2.24) is 15.4 Å². The summed E-state index contributed by atoms with van der Waals surface area (Å²) in [5, 5.41) is 10.4. The molecule has 0 unspecified atom stereocenters. The topological polar surface area (TPSA) is 44.8 Å². The van der Waals surface area contributed by atoms with E-state index in [0.29, 0.717) is 0 Å². The molecule has 11 heavy (non-hydrogen) atoms. The molecule has 1 aromatic rings. The number of hydrogen-bond donors (Lipinski definition) is 1. The normalized spacial score (nSPS) is 17.3. The first-order chi connectivity index (χ1) is 5.47. The zero-order valence-electron chi connectivity index (χ0n) is 6.20. The zero-order chi connectivity index (χ0) is 7.52. The molecule has 1 N–H and O–H groups in total. The van der Waals surface area contributed by atoms with E-state index in [-0.39, 0.29) is 0 Å². The van der Waals surface area contributed by atoms with Gasteiger partial charge in [-0.25, -0.2) is 0 Å². The predicted octanol–water partition coefficient (Wildman–Crippen LogP) is 0.571. The van der Waals surface area contributed by atoms with Crippen molar-refractivity contribution in [2.24, 2.45) is 0 Å². The monoisotopic (exact) mass is 150 g/mol. The van der Waals surface area contributed by atoms with Crippen LogP contribution in [0, 0.1) is 0 Å². The van der Waals surface area contributed by atoms with Gasteiger partial charge in [-0.1, -0.05) is 12.2 Å². The Balaban J connectivity index is 2.11. The molecule has 4 nitrogen and oxygen atoms in total. The summed E-state index contributed by atoms with van der Waals surface area (Å²) in [6.45, 7) is 2.00. The average molecular weight is 150 g/mol. The van der Waals surface area contributed by atoms with Crippen molar-refractivity contribution >= 4 is 5.82 Å². The number of hydrogen-bond acceptors (Lipinski definition) is 3. The van der Waals surface area contributed by atoms with Gasteiger partial charge in [-0.05, 0) is 6.42 Å². The van der Waals surface area contributed by atoms with E-state index in [2.05, 4.69) is 32.5 Å². The summed E-state index contributed by atoms with van der Waals surface area (Å²) in [5.41, 5.74) is 0. The predicted molar refractivity (Wildman–Crippen MR) is 42.4 cm³/mol. The van der Waals surface area contributed by atoms with Crippen molar-refractivity contribution in [1.29, 1.82) is 0 Å². The molecule has 0 atom stereocenters. The fourth-order valence-corrected chi connectivity index (χ4v) is 1.20. The van der Waals surface area contributed by atoms with Gasteiger partial charge in [-0.15, -0.1) is 5.10 Å². The lowest BCUT2D eigenvalue weighted by atomic mass is 10.2. The number of nitrogens with one attached hydrogen (secondary N) is 1. The molecule has 0 bridgehead atoms. The van der Waals surface area contributed by atoms with Crippen molar-refractivity contribution in [2.75, 3.05) is 18.0 Å². The number of aromatic nitrogens is 3. The molecule has 0 radical (unpaired) electrons. The van der Waals surface area contributed by atoms with E-state index in [1.54, 1.807) is 6.20 Å². The maximum atomic E-state index is 4.00. The standard InChI is InChI=1S/C7H10N4/c1-2-4-11(5-3-1)7-6-8-10-9-7/h1-2,6H,3-5H2,(H,8,9,10). The third kappa shape index (κ3) is 1.24. The van der Waals surface area contributed by atoms with Crippen LogP contribution in [0.2, 0.25) is 0 Å². The van der Waals surface area contributed by atoms with Crippen LogP contribution in [-0.2, 0) is 0 Å². The lowest BCUT2D eigenvalue weighted by molar-refractivity contribution is 0.799. The SMILES string of the molecule is C1=CCN(c2cn[nH]n2)CC1. The van der Waals surface area contributed by atoms with E-state index in [1.807, 2.05) is 0 Å². The molecule has 2 heterocycles. The minimum atomic E-state index is 0.939. The first-order valence-electron chi connectivity index (χ1n) is 3.72. The highest BCUT2D eigenvalue weighted by Crippen LogP contribution is 2.10. The Morgan fingerprint density at radius 3 is 3.09 bits per heavy atom. The molecule has 4 heteroatoms. The van der Waals surface area contributed by atoms with Gasteiger partial charge in [0, 0.05) is 13.1 Å². The highest BCUT2D eigenvalue weighted by molar-refractivity contribution is 5.36. The minimum Gasteiger partial charge on any atom is -0.350 e. The highest BCUT2D eigenvalue weighted by Gasteiger charge is 2.08. The van der Waals surface area contributed by atoms with E-state index in [4.69, 9.17) is 0 Å². The molecule has 1 aromatic heterocycles. The van der Waals surface area contributed by atoms with Crippen molar-refractivity contribution < 1.29 is 0 Å². The van der Waals surface area contributed by atoms with Crippen LogP contribution in [0.1, 0.15) is 6.42 Å². The molecule has 58 valence electrons. The highest BCUT2D eigenvalue weighted by atomic mass is 15.4. The average Bonchev–Trinajstić information content (AvgIpc) is 2.58. The van der Waals surface area contributed by atoms with Gasteiger partial charge >= 0.3 is 0 Å². The van der Waals surface area contributed by atoms with E-state index >= 15 is 0 Å². The van der Waals surface area contributed by atoms with Crippen LogP contribution in [0.5, 0.6) is 0 Å². The number of anilines is 1. The van der Waals surface area contributed by atoms with Gasteiger partial charge in [0.1, 0.15) is 0 Å². The minimum absolute atomic E-state index is 0.939. The summed E-state index contributed by atoms with van der Waals surface area (Å²) in [6, 6.07) is 0. The van der Waals surface area contributed by atoms with E-state index in [0.717, 1.165) is 25.3 Å². The maximum Gasteiger partial charge on any atom is 0.171 e. The Hall–Kier alpha value is -1.32. The smallest absolute Gasteiger partial charge is 0.171 e. The fraction of sp³-hybridized carbons (Fsp3) is 0.429. The van der Waals surface area contributed by atoms with Crippen molar-refractivity contribution in [3.05, 3.63) is 18.3 Å². The largest absolute Gasteiger partial charge is 0.350 e. The number of H-pyrrole nitrogens is 1. The van der Waals surface area contributed by atoms with E-state index < -0.39 is 0 Å². The first kappa shape index (κ1) is 6.39. The van der Waals surface area contributed by atoms with Crippen LogP contribution in [0.3, 0.4) is 0 Å². The summed E-state index contributed by atoms with van der Waals surface area (Å²) >= 11 is 0. The van der Waals surface area contributed by atoms with Crippen LogP contribution >= 0.6 is 0 Å². The van der Waals surface area contributed by atoms with Crippen molar-refractivity contribution in [2.45, 2.75) is 6.42 Å². The molecule has 0 spiro atoms. The van der Waals surface area contributed by atoms with Gasteiger partial charge in [-0.3, -0.25) is 0 Å². The van der Waals surface area contributed by atoms with Gasteiger partial charge in [0.25, 0.3) is 0 Å². The molecule has 1 aliphatic heterocycles. The molecule has 0 aliphatic carbocycles. The third-order valence-corrected chi connectivity index (χ3v) is 1.78. The van der Waals surface area contributed by atoms with Gasteiger partial charge < -0.3 is 4.90 Å². The molecule has 0 saturated heterocycles. The molecular weight excluding hydrogens is 140 g/mol. The molecule has 0 amide bonds. The second-order valence-electron chi connectivity index (χ2n) is 2.53. The van der Waals surface area contributed by atoms with Crippen LogP contribution < -0.4 is 4.90 Å². The zero-order valence-corrected chi connectivity index (χ0v) is 6.20. The lowest BCUT2D eigenvalue weighted by Gasteiger charge is -2.21. The van der Waals surface area contributed by atoms with Crippen LogP contribution in [0.25, 0.3) is 0 Å². The second-order valence-corrected chi connectivity index (χ2v) is 2.53. The lowest BCUT2D eigenvalue weighted by Crippen LogP contribution is -2.26. The van der Waals surface area contributed by atoms with Crippen LogP contribution in [-0.4, -0.2) is 28.5 Å². The molecule has 1 aliphatic rings. The number of nitrogens with zero attached hydrogens (tertiary/aromatic N) is 3. The number of rotatable bonds is 1. The van der Waals surface area contributed by atoms with Gasteiger partial charge in [0.05, 0.1) is 6.20 Å². The molecule has 0 aromatic carbocycles. The van der Waals surface area contributed by atoms with Crippen molar-refractivity contribution in [3.63, 3.8) is 0 Å². The van der Waals surface area contributed by atoms with E-state index in [1.165, 1.54) is 0 Å². The Morgan fingerprint density at radius 2 is 2.45 bits per heavy atom. The number of aromatic amines is 1. The van der Waals surface area contributed by atoms with Gasteiger partial charge in [0.15, 0.2) is 5.82 Å². The summed E-state index contributed by atoms with van der Waals surface area (Å²) < 4.78 is 0. The van der Waals surface area contributed by atoms with Gasteiger partial charge in [0.2, 0.25) is 0 Å².